The number of urea groups is 1. The van der Waals surface area contributed by atoms with Crippen molar-refractivity contribution in [3.8, 4) is 0 Å². The highest BCUT2D eigenvalue weighted by Gasteiger charge is 2.15. The van der Waals surface area contributed by atoms with Crippen molar-refractivity contribution < 1.29 is 4.79 Å². The van der Waals surface area contributed by atoms with Gasteiger partial charge in [0.2, 0.25) is 0 Å². The lowest BCUT2D eigenvalue weighted by molar-refractivity contribution is 0.183. The van der Waals surface area contributed by atoms with Crippen molar-refractivity contribution in [3.05, 3.63) is 77.5 Å². The number of carbonyl (C=O) groups excluding carboxylic acids is 1. The highest BCUT2D eigenvalue weighted by Crippen LogP contribution is 2.09. The SMILES string of the molecule is Cc1cccc(/C=C/NC(=O)N(Cc2ccccc2)C(C)C)c1. The van der Waals surface area contributed by atoms with Gasteiger partial charge in [-0.25, -0.2) is 4.79 Å². The Kier molecular flexibility index (Phi) is 5.98. The molecular formula is C20H24N2O. The Labute approximate surface area is 138 Å². The summed E-state index contributed by atoms with van der Waals surface area (Å²) >= 11 is 0. The van der Waals surface area contributed by atoms with Gasteiger partial charge in [-0.2, -0.15) is 0 Å². The van der Waals surface area contributed by atoms with Crippen LogP contribution in [0.1, 0.15) is 30.5 Å². The van der Waals surface area contributed by atoms with E-state index in [0.717, 1.165) is 11.1 Å². The number of hydrogen-bond acceptors (Lipinski definition) is 1. The van der Waals surface area contributed by atoms with Crippen molar-refractivity contribution in [2.24, 2.45) is 0 Å². The Bertz CT molecular complexity index is 662. The fourth-order valence-corrected chi connectivity index (χ4v) is 2.33. The molecule has 0 unspecified atom stereocenters. The number of aryl methyl sites for hydroxylation is 1. The van der Waals surface area contributed by atoms with Crippen LogP contribution in [0.25, 0.3) is 6.08 Å². The second kappa shape index (κ2) is 8.18. The van der Waals surface area contributed by atoms with Crippen molar-refractivity contribution >= 4 is 12.1 Å². The van der Waals surface area contributed by atoms with E-state index in [0.29, 0.717) is 6.54 Å². The summed E-state index contributed by atoms with van der Waals surface area (Å²) in [6, 6.07) is 18.2. The molecule has 3 nitrogen and oxygen atoms in total. The zero-order valence-electron chi connectivity index (χ0n) is 14.0. The van der Waals surface area contributed by atoms with E-state index in [-0.39, 0.29) is 12.1 Å². The summed E-state index contributed by atoms with van der Waals surface area (Å²) in [4.78, 5) is 14.2. The van der Waals surface area contributed by atoms with Crippen molar-refractivity contribution in [1.29, 1.82) is 0 Å². The summed E-state index contributed by atoms with van der Waals surface area (Å²) in [6.07, 6.45) is 3.61. The predicted molar refractivity (Wildman–Crippen MR) is 95.9 cm³/mol. The molecule has 2 aromatic rings. The molecule has 0 atom stereocenters. The van der Waals surface area contributed by atoms with Crippen LogP contribution < -0.4 is 5.32 Å². The fraction of sp³-hybridized carbons (Fsp3) is 0.250. The maximum absolute atomic E-state index is 12.4. The molecule has 0 fully saturated rings. The molecule has 0 radical (unpaired) electrons. The maximum atomic E-state index is 12.4. The molecule has 23 heavy (non-hydrogen) atoms. The van der Waals surface area contributed by atoms with Gasteiger partial charge in [-0.3, -0.25) is 0 Å². The highest BCUT2D eigenvalue weighted by molar-refractivity contribution is 5.76. The molecule has 0 bridgehead atoms. The summed E-state index contributed by atoms with van der Waals surface area (Å²) in [5, 5.41) is 2.86. The maximum Gasteiger partial charge on any atom is 0.321 e. The molecule has 0 saturated heterocycles. The summed E-state index contributed by atoms with van der Waals surface area (Å²) in [5.74, 6) is 0. The van der Waals surface area contributed by atoms with Gasteiger partial charge in [-0.05, 0) is 38.0 Å². The second-order valence-corrected chi connectivity index (χ2v) is 5.90. The average molecular weight is 308 g/mol. The lowest BCUT2D eigenvalue weighted by atomic mass is 10.1. The first kappa shape index (κ1) is 16.8. The van der Waals surface area contributed by atoms with E-state index in [1.807, 2.05) is 67.3 Å². The fourth-order valence-electron chi connectivity index (χ4n) is 2.33. The molecule has 2 rings (SSSR count). The van der Waals surface area contributed by atoms with Gasteiger partial charge in [0.15, 0.2) is 0 Å². The number of hydrogen-bond donors (Lipinski definition) is 1. The number of nitrogens with zero attached hydrogens (tertiary/aromatic N) is 1. The molecule has 0 aromatic heterocycles. The highest BCUT2D eigenvalue weighted by atomic mass is 16.2. The second-order valence-electron chi connectivity index (χ2n) is 5.90. The minimum atomic E-state index is -0.0900. The van der Waals surface area contributed by atoms with Gasteiger partial charge in [0.25, 0.3) is 0 Å². The zero-order valence-corrected chi connectivity index (χ0v) is 14.0. The minimum absolute atomic E-state index is 0.0900. The van der Waals surface area contributed by atoms with Crippen LogP contribution in [0.15, 0.2) is 60.8 Å². The number of nitrogens with one attached hydrogen (secondary N) is 1. The van der Waals surface area contributed by atoms with E-state index in [1.54, 1.807) is 6.20 Å². The lowest BCUT2D eigenvalue weighted by Crippen LogP contribution is -2.41. The van der Waals surface area contributed by atoms with Gasteiger partial charge in [0, 0.05) is 18.8 Å². The molecule has 2 amide bonds. The monoisotopic (exact) mass is 308 g/mol. The molecular weight excluding hydrogens is 284 g/mol. The van der Waals surface area contributed by atoms with Crippen LogP contribution in [0.4, 0.5) is 4.79 Å². The summed E-state index contributed by atoms with van der Waals surface area (Å²) < 4.78 is 0. The quantitative estimate of drug-likeness (QED) is 0.861. The number of benzene rings is 2. The van der Waals surface area contributed by atoms with Crippen LogP contribution >= 0.6 is 0 Å². The Balaban J connectivity index is 1.98. The van der Waals surface area contributed by atoms with Crippen molar-refractivity contribution in [2.75, 3.05) is 0 Å². The predicted octanol–water partition coefficient (Wildman–Crippen LogP) is 4.59. The average Bonchev–Trinajstić information content (AvgIpc) is 2.53. The van der Waals surface area contributed by atoms with Crippen LogP contribution in [0.3, 0.4) is 0 Å². The third-order valence-corrected chi connectivity index (χ3v) is 3.60. The van der Waals surface area contributed by atoms with Crippen LogP contribution in [-0.4, -0.2) is 17.0 Å². The van der Waals surface area contributed by atoms with E-state index in [2.05, 4.69) is 24.4 Å². The van der Waals surface area contributed by atoms with Gasteiger partial charge < -0.3 is 10.2 Å². The van der Waals surface area contributed by atoms with E-state index >= 15 is 0 Å². The third kappa shape index (κ3) is 5.29. The topological polar surface area (TPSA) is 32.3 Å². The normalized spacial score (nSPS) is 11.0. The Morgan fingerprint density at radius 2 is 1.87 bits per heavy atom. The zero-order chi connectivity index (χ0) is 16.7. The Hall–Kier alpha value is -2.55. The van der Waals surface area contributed by atoms with Crippen LogP contribution in [0, 0.1) is 6.92 Å². The van der Waals surface area contributed by atoms with Crippen molar-refractivity contribution in [1.82, 2.24) is 10.2 Å². The molecule has 0 aliphatic carbocycles. The Morgan fingerprint density at radius 3 is 2.52 bits per heavy atom. The first-order chi connectivity index (χ1) is 11.1. The number of amides is 2. The molecule has 0 saturated carbocycles. The van der Waals surface area contributed by atoms with Crippen LogP contribution in [0.2, 0.25) is 0 Å². The summed E-state index contributed by atoms with van der Waals surface area (Å²) in [6.45, 7) is 6.69. The lowest BCUT2D eigenvalue weighted by Gasteiger charge is -2.26. The van der Waals surface area contributed by atoms with Gasteiger partial charge in [-0.1, -0.05) is 60.2 Å². The van der Waals surface area contributed by atoms with E-state index in [4.69, 9.17) is 0 Å². The number of rotatable bonds is 5. The number of carbonyl (C=O) groups is 1. The van der Waals surface area contributed by atoms with Crippen molar-refractivity contribution in [3.63, 3.8) is 0 Å². The molecule has 2 aromatic carbocycles. The van der Waals surface area contributed by atoms with E-state index < -0.39 is 0 Å². The van der Waals surface area contributed by atoms with E-state index in [9.17, 15) is 4.79 Å². The molecule has 1 N–H and O–H groups in total. The summed E-state index contributed by atoms with van der Waals surface area (Å²) in [7, 11) is 0. The van der Waals surface area contributed by atoms with Gasteiger partial charge in [-0.15, -0.1) is 0 Å². The molecule has 0 heterocycles. The largest absolute Gasteiger partial charge is 0.321 e. The smallest absolute Gasteiger partial charge is 0.318 e. The van der Waals surface area contributed by atoms with Gasteiger partial charge >= 0.3 is 6.03 Å². The molecule has 0 aliphatic heterocycles. The Morgan fingerprint density at radius 1 is 1.13 bits per heavy atom. The first-order valence-corrected chi connectivity index (χ1v) is 7.90. The molecule has 0 aliphatic rings. The standard InChI is InChI=1S/C20H24N2O/c1-16(2)22(15-19-9-5-4-6-10-19)20(23)21-13-12-18-11-7-8-17(3)14-18/h4-14,16H,15H2,1-3H3,(H,21,23)/b13-12+. The molecule has 120 valence electrons. The molecule has 0 spiro atoms. The summed E-state index contributed by atoms with van der Waals surface area (Å²) in [5.41, 5.74) is 3.40. The first-order valence-electron chi connectivity index (χ1n) is 7.90. The van der Waals surface area contributed by atoms with Crippen molar-refractivity contribution in [2.45, 2.75) is 33.4 Å². The van der Waals surface area contributed by atoms with Crippen LogP contribution in [0.5, 0.6) is 0 Å². The van der Waals surface area contributed by atoms with E-state index in [1.165, 1.54) is 5.56 Å². The third-order valence-electron chi connectivity index (χ3n) is 3.60. The van der Waals surface area contributed by atoms with Gasteiger partial charge in [0.05, 0.1) is 0 Å². The molecule has 3 heteroatoms. The minimum Gasteiger partial charge on any atom is -0.318 e. The van der Waals surface area contributed by atoms with Gasteiger partial charge in [0.1, 0.15) is 0 Å². The van der Waals surface area contributed by atoms with Crippen LogP contribution in [-0.2, 0) is 6.54 Å².